The topological polar surface area (TPSA) is 58.8 Å². The van der Waals surface area contributed by atoms with Crippen LogP contribution in [0.3, 0.4) is 0 Å². The monoisotopic (exact) mass is 369 g/mol. The van der Waals surface area contributed by atoms with Crippen LogP contribution in [0.2, 0.25) is 0 Å². The van der Waals surface area contributed by atoms with Crippen molar-refractivity contribution in [2.24, 2.45) is 0 Å². The molecule has 1 aromatic carbocycles. The van der Waals surface area contributed by atoms with Crippen LogP contribution < -0.4 is 4.74 Å². The van der Waals surface area contributed by atoms with Gasteiger partial charge in [-0.05, 0) is 31.2 Å². The number of amides is 1. The van der Waals surface area contributed by atoms with Crippen molar-refractivity contribution in [3.8, 4) is 5.75 Å². The van der Waals surface area contributed by atoms with Crippen LogP contribution in [0.15, 0.2) is 34.9 Å². The molecule has 1 saturated heterocycles. The van der Waals surface area contributed by atoms with Gasteiger partial charge in [0, 0.05) is 37.8 Å². The highest BCUT2D eigenvalue weighted by molar-refractivity contribution is 5.94. The lowest BCUT2D eigenvalue weighted by Gasteiger charge is -2.34. The number of rotatable bonds is 4. The van der Waals surface area contributed by atoms with Gasteiger partial charge in [0.2, 0.25) is 0 Å². The molecule has 0 atom stereocenters. The van der Waals surface area contributed by atoms with Crippen LogP contribution in [-0.2, 0) is 6.54 Å². The Morgan fingerprint density at radius 2 is 1.85 bits per heavy atom. The van der Waals surface area contributed by atoms with Crippen LogP contribution in [0.1, 0.15) is 21.8 Å². The Morgan fingerprint density at radius 3 is 2.38 bits per heavy atom. The minimum absolute atomic E-state index is 0.210. The summed E-state index contributed by atoms with van der Waals surface area (Å²) in [5, 5.41) is 3.85. The van der Waals surface area contributed by atoms with Crippen molar-refractivity contribution in [2.75, 3.05) is 26.2 Å². The second-order valence-corrected chi connectivity index (χ2v) is 6.08. The van der Waals surface area contributed by atoms with Gasteiger partial charge in [0.05, 0.1) is 12.2 Å². The average molecular weight is 369 g/mol. The van der Waals surface area contributed by atoms with Crippen molar-refractivity contribution in [1.82, 2.24) is 15.0 Å². The van der Waals surface area contributed by atoms with Gasteiger partial charge in [-0.3, -0.25) is 9.69 Å². The molecule has 0 radical (unpaired) electrons. The number of halogens is 3. The summed E-state index contributed by atoms with van der Waals surface area (Å²) >= 11 is 0. The van der Waals surface area contributed by atoms with Gasteiger partial charge in [-0.15, -0.1) is 13.2 Å². The summed E-state index contributed by atoms with van der Waals surface area (Å²) in [6, 6.07) is 6.84. The molecule has 0 aliphatic carbocycles. The zero-order chi connectivity index (χ0) is 18.7. The molecular formula is C17H18F3N3O3. The molecule has 0 saturated carbocycles. The van der Waals surface area contributed by atoms with Crippen molar-refractivity contribution in [3.63, 3.8) is 0 Å². The minimum atomic E-state index is -4.75. The number of aromatic nitrogens is 1. The second-order valence-electron chi connectivity index (χ2n) is 6.08. The summed E-state index contributed by atoms with van der Waals surface area (Å²) in [7, 11) is 0. The van der Waals surface area contributed by atoms with Crippen molar-refractivity contribution >= 4 is 5.91 Å². The van der Waals surface area contributed by atoms with Gasteiger partial charge >= 0.3 is 6.36 Å². The summed E-state index contributed by atoms with van der Waals surface area (Å²) in [4.78, 5) is 16.3. The molecule has 6 nitrogen and oxygen atoms in total. The lowest BCUT2D eigenvalue weighted by Crippen LogP contribution is -2.48. The van der Waals surface area contributed by atoms with E-state index in [1.54, 1.807) is 4.90 Å². The first-order valence-corrected chi connectivity index (χ1v) is 8.10. The Hall–Kier alpha value is -2.55. The van der Waals surface area contributed by atoms with E-state index in [4.69, 9.17) is 4.52 Å². The van der Waals surface area contributed by atoms with E-state index in [2.05, 4.69) is 14.8 Å². The first kappa shape index (κ1) is 18.2. The predicted molar refractivity (Wildman–Crippen MR) is 85.5 cm³/mol. The number of aryl methyl sites for hydroxylation is 1. The highest BCUT2D eigenvalue weighted by Crippen LogP contribution is 2.23. The molecule has 26 heavy (non-hydrogen) atoms. The van der Waals surface area contributed by atoms with E-state index in [9.17, 15) is 18.0 Å². The SMILES string of the molecule is Cc1cc(CN2CCN(C(=O)c3ccc(OC(F)(F)F)cc3)CC2)on1. The number of alkyl halides is 3. The molecule has 0 bridgehead atoms. The van der Waals surface area contributed by atoms with E-state index in [1.807, 2.05) is 13.0 Å². The summed E-state index contributed by atoms with van der Waals surface area (Å²) in [5.41, 5.74) is 1.16. The van der Waals surface area contributed by atoms with Gasteiger partial charge in [-0.1, -0.05) is 5.16 Å². The molecule has 3 rings (SSSR count). The van der Waals surface area contributed by atoms with Gasteiger partial charge in [-0.25, -0.2) is 0 Å². The van der Waals surface area contributed by atoms with Crippen LogP contribution in [0.25, 0.3) is 0 Å². The van der Waals surface area contributed by atoms with Crippen LogP contribution in [-0.4, -0.2) is 53.4 Å². The number of carbonyl (C=O) groups excluding carboxylic acids is 1. The summed E-state index contributed by atoms with van der Waals surface area (Å²) in [6.45, 7) is 4.92. The highest BCUT2D eigenvalue weighted by atomic mass is 19.4. The summed E-state index contributed by atoms with van der Waals surface area (Å²) in [6.07, 6.45) is -4.75. The Labute approximate surface area is 148 Å². The maximum Gasteiger partial charge on any atom is 0.573 e. The molecule has 1 amide bonds. The molecule has 1 aliphatic heterocycles. The van der Waals surface area contributed by atoms with Crippen LogP contribution in [0.4, 0.5) is 13.2 Å². The first-order chi connectivity index (χ1) is 12.3. The normalized spacial score (nSPS) is 15.9. The number of benzene rings is 1. The molecule has 1 fully saturated rings. The van der Waals surface area contributed by atoms with E-state index in [0.717, 1.165) is 23.6 Å². The van der Waals surface area contributed by atoms with E-state index >= 15 is 0 Å². The van der Waals surface area contributed by atoms with Gasteiger partial charge in [0.25, 0.3) is 5.91 Å². The Kier molecular flexibility index (Phi) is 5.17. The highest BCUT2D eigenvalue weighted by Gasteiger charge is 2.31. The molecular weight excluding hydrogens is 351 g/mol. The van der Waals surface area contributed by atoms with E-state index < -0.39 is 6.36 Å². The average Bonchev–Trinajstić information content (AvgIpc) is 2.99. The summed E-state index contributed by atoms with van der Waals surface area (Å²) < 4.78 is 45.5. The van der Waals surface area contributed by atoms with E-state index in [-0.39, 0.29) is 11.7 Å². The van der Waals surface area contributed by atoms with Gasteiger partial charge in [0.1, 0.15) is 5.75 Å². The smallest absolute Gasteiger partial charge is 0.406 e. The quantitative estimate of drug-likeness (QED) is 0.830. The fraction of sp³-hybridized carbons (Fsp3) is 0.412. The summed E-state index contributed by atoms with van der Waals surface area (Å²) in [5.74, 6) is 0.225. The lowest BCUT2D eigenvalue weighted by molar-refractivity contribution is -0.274. The van der Waals surface area contributed by atoms with E-state index in [1.165, 1.54) is 12.1 Å². The maximum absolute atomic E-state index is 12.5. The maximum atomic E-state index is 12.5. The molecule has 1 aromatic heterocycles. The lowest BCUT2D eigenvalue weighted by atomic mass is 10.1. The zero-order valence-electron chi connectivity index (χ0n) is 14.1. The third-order valence-electron chi connectivity index (χ3n) is 4.05. The molecule has 0 unspecified atom stereocenters. The number of carbonyl (C=O) groups is 1. The molecule has 140 valence electrons. The first-order valence-electron chi connectivity index (χ1n) is 8.10. The third kappa shape index (κ3) is 4.75. The Bertz CT molecular complexity index is 751. The number of nitrogens with zero attached hydrogens (tertiary/aromatic N) is 3. The third-order valence-corrected chi connectivity index (χ3v) is 4.05. The van der Waals surface area contributed by atoms with Crippen molar-refractivity contribution in [1.29, 1.82) is 0 Å². The molecule has 0 spiro atoms. The molecule has 9 heteroatoms. The molecule has 2 heterocycles. The fourth-order valence-electron chi connectivity index (χ4n) is 2.80. The number of hydrogen-bond acceptors (Lipinski definition) is 5. The standard InChI is InChI=1S/C17H18F3N3O3/c1-12-10-15(26-21-12)11-22-6-8-23(9-7-22)16(24)13-2-4-14(5-3-13)25-17(18,19)20/h2-5,10H,6-9,11H2,1H3. The Morgan fingerprint density at radius 1 is 1.19 bits per heavy atom. The van der Waals surface area contributed by atoms with Crippen LogP contribution >= 0.6 is 0 Å². The van der Waals surface area contributed by atoms with Crippen LogP contribution in [0.5, 0.6) is 5.75 Å². The predicted octanol–water partition coefficient (Wildman–Crippen LogP) is 2.84. The largest absolute Gasteiger partial charge is 0.573 e. The molecule has 2 aromatic rings. The number of hydrogen-bond donors (Lipinski definition) is 0. The zero-order valence-corrected chi connectivity index (χ0v) is 14.1. The van der Waals surface area contributed by atoms with Gasteiger partial charge in [0.15, 0.2) is 5.76 Å². The number of piperazine rings is 1. The molecule has 1 aliphatic rings. The fourth-order valence-corrected chi connectivity index (χ4v) is 2.80. The minimum Gasteiger partial charge on any atom is -0.406 e. The van der Waals surface area contributed by atoms with Gasteiger partial charge < -0.3 is 14.2 Å². The Balaban J connectivity index is 1.53. The van der Waals surface area contributed by atoms with E-state index in [0.29, 0.717) is 38.3 Å². The van der Waals surface area contributed by atoms with Crippen molar-refractivity contribution in [3.05, 3.63) is 47.3 Å². The van der Waals surface area contributed by atoms with Crippen molar-refractivity contribution in [2.45, 2.75) is 19.8 Å². The van der Waals surface area contributed by atoms with Crippen molar-refractivity contribution < 1.29 is 27.2 Å². The molecule has 0 N–H and O–H groups in total. The second kappa shape index (κ2) is 7.36. The number of ether oxygens (including phenoxy) is 1. The van der Waals surface area contributed by atoms with Gasteiger partial charge in [-0.2, -0.15) is 0 Å². The van der Waals surface area contributed by atoms with Crippen LogP contribution in [0, 0.1) is 6.92 Å².